The quantitative estimate of drug-likeness (QED) is 0.245. The lowest BCUT2D eigenvalue weighted by Gasteiger charge is -2.32. The van der Waals surface area contributed by atoms with Crippen molar-refractivity contribution in [2.24, 2.45) is 11.8 Å². The van der Waals surface area contributed by atoms with E-state index < -0.39 is 0 Å². The van der Waals surface area contributed by atoms with Crippen LogP contribution in [0, 0.1) is 11.8 Å². The van der Waals surface area contributed by atoms with E-state index in [0.29, 0.717) is 11.7 Å². The number of piperidine rings is 1. The number of halogens is 1. The molecule has 0 spiro atoms. The van der Waals surface area contributed by atoms with Crippen LogP contribution >= 0.6 is 11.6 Å². The van der Waals surface area contributed by atoms with Crippen LogP contribution in [0.2, 0.25) is 5.02 Å². The highest BCUT2D eigenvalue weighted by Gasteiger charge is 2.31. The third-order valence-electron chi connectivity index (χ3n) is 6.82. The minimum Gasteiger partial charge on any atom is -0.400 e. The predicted octanol–water partition coefficient (Wildman–Crippen LogP) is 8.38. The van der Waals surface area contributed by atoms with Gasteiger partial charge in [0.15, 0.2) is 5.78 Å². The minimum atomic E-state index is 0.298. The molecule has 0 unspecified atom stereocenters. The molecule has 206 valence electrons. The zero-order valence-electron chi connectivity index (χ0n) is 24.1. The van der Waals surface area contributed by atoms with E-state index in [1.165, 1.54) is 56.5 Å². The van der Waals surface area contributed by atoms with Crippen LogP contribution in [0.25, 0.3) is 0 Å². The number of aliphatic hydroxyl groups is 1. The number of aliphatic hydroxyl groups excluding tert-OH is 1. The summed E-state index contributed by atoms with van der Waals surface area (Å²) in [6, 6.07) is 8.29. The molecule has 1 aliphatic heterocycles. The highest BCUT2D eigenvalue weighted by atomic mass is 35.5. The van der Waals surface area contributed by atoms with Crippen molar-refractivity contribution in [3.8, 4) is 0 Å². The van der Waals surface area contributed by atoms with Gasteiger partial charge in [-0.3, -0.25) is 4.79 Å². The van der Waals surface area contributed by atoms with Crippen molar-refractivity contribution in [3.63, 3.8) is 0 Å². The fourth-order valence-electron chi connectivity index (χ4n) is 4.44. The van der Waals surface area contributed by atoms with Gasteiger partial charge in [-0.05, 0) is 109 Å². The van der Waals surface area contributed by atoms with Crippen LogP contribution < -0.4 is 0 Å². The Morgan fingerprint density at radius 2 is 1.65 bits per heavy atom. The molecule has 1 aromatic rings. The van der Waals surface area contributed by atoms with Gasteiger partial charge in [0.1, 0.15) is 0 Å². The van der Waals surface area contributed by atoms with Gasteiger partial charge in [0.05, 0.1) is 0 Å². The van der Waals surface area contributed by atoms with E-state index in [1.54, 1.807) is 0 Å². The van der Waals surface area contributed by atoms with E-state index >= 15 is 0 Å². The van der Waals surface area contributed by atoms with Crippen LogP contribution in [-0.2, 0) is 11.2 Å². The number of carbonyl (C=O) groups is 1. The van der Waals surface area contributed by atoms with E-state index in [1.807, 2.05) is 50.3 Å². The third-order valence-corrected chi connectivity index (χ3v) is 7.18. The highest BCUT2D eigenvalue weighted by molar-refractivity contribution is 6.31. The maximum atomic E-state index is 12.0. The number of ketones is 1. The Balaban J connectivity index is 0.000000348. The topological polar surface area (TPSA) is 40.5 Å². The summed E-state index contributed by atoms with van der Waals surface area (Å²) in [7, 11) is 1.00. The second kappa shape index (κ2) is 19.2. The first-order valence-electron chi connectivity index (χ1n) is 14.0. The number of Topliss-reactive ketones (excluding diaryl/α,β-unsaturated/α-hetero) is 1. The zero-order valence-corrected chi connectivity index (χ0v) is 24.9. The van der Waals surface area contributed by atoms with Gasteiger partial charge in [-0.2, -0.15) is 0 Å². The lowest BCUT2D eigenvalue weighted by molar-refractivity contribution is -0.116. The summed E-state index contributed by atoms with van der Waals surface area (Å²) in [5.74, 6) is 1.44. The summed E-state index contributed by atoms with van der Waals surface area (Å²) in [5.41, 5.74) is 4.54. The van der Waals surface area contributed by atoms with E-state index in [-0.39, 0.29) is 0 Å². The second-order valence-electron chi connectivity index (χ2n) is 10.3. The van der Waals surface area contributed by atoms with Crippen molar-refractivity contribution >= 4 is 17.4 Å². The first-order valence-corrected chi connectivity index (χ1v) is 14.3. The first-order chi connectivity index (χ1) is 17.8. The van der Waals surface area contributed by atoms with Crippen molar-refractivity contribution in [1.82, 2.24) is 4.90 Å². The molecule has 2 aliphatic rings. The lowest BCUT2D eigenvalue weighted by Crippen LogP contribution is -2.34. The van der Waals surface area contributed by atoms with Crippen molar-refractivity contribution < 1.29 is 9.90 Å². The van der Waals surface area contributed by atoms with Gasteiger partial charge in [-0.25, -0.2) is 0 Å². The van der Waals surface area contributed by atoms with Gasteiger partial charge in [-0.15, -0.1) is 0 Å². The average Bonchev–Trinajstić information content (AvgIpc) is 3.75. The molecule has 37 heavy (non-hydrogen) atoms. The Labute approximate surface area is 232 Å². The minimum absolute atomic E-state index is 0.298. The fraction of sp³-hybridized carbons (Fsp3) is 0.545. The number of hydrogen-bond donors (Lipinski definition) is 1. The molecule has 2 fully saturated rings. The van der Waals surface area contributed by atoms with Crippen molar-refractivity contribution in [2.75, 3.05) is 26.7 Å². The van der Waals surface area contributed by atoms with Gasteiger partial charge in [-0.1, -0.05) is 79.1 Å². The number of likely N-dealkylation sites (tertiary alicyclic amines) is 1. The molecule has 0 amide bonds. The molecule has 1 aliphatic carbocycles. The van der Waals surface area contributed by atoms with Crippen LogP contribution in [0.3, 0.4) is 0 Å². The predicted molar refractivity (Wildman–Crippen MR) is 161 cm³/mol. The van der Waals surface area contributed by atoms with Crippen LogP contribution in [0.1, 0.15) is 78.7 Å². The van der Waals surface area contributed by atoms with E-state index in [0.717, 1.165) is 48.5 Å². The molecule has 1 saturated carbocycles. The number of rotatable bonds is 10. The molecule has 3 nitrogen and oxygen atoms in total. The Morgan fingerprint density at radius 1 is 1.03 bits per heavy atom. The summed E-state index contributed by atoms with van der Waals surface area (Å²) < 4.78 is 0. The van der Waals surface area contributed by atoms with Gasteiger partial charge >= 0.3 is 0 Å². The highest BCUT2D eigenvalue weighted by Crippen LogP contribution is 2.34. The molecule has 4 heteroatoms. The standard InChI is InChI=1S/C16H24ClN.C16H22O.CH4O/c1-2-3-10-18-11-8-14(9-12-18)13-15-6-4-5-7-16(15)17;1-5-15(16(17)14-10-11-14)13(4)9-7-6-8-12(2)3;1-2/h4-7,14H,2-3,8-13H2,1H3;5-9,14H,10-11H2,1-4H3;2H,1H3/b;7-6-,13-9+,15-5+;. The normalized spacial score (nSPS) is 17.0. The Morgan fingerprint density at radius 3 is 2.19 bits per heavy atom. The van der Waals surface area contributed by atoms with Gasteiger partial charge in [0, 0.05) is 23.6 Å². The van der Waals surface area contributed by atoms with Crippen LogP contribution in [0.4, 0.5) is 0 Å². The monoisotopic (exact) mass is 527 g/mol. The fourth-order valence-corrected chi connectivity index (χ4v) is 4.65. The molecule has 1 aromatic carbocycles. The molecule has 3 rings (SSSR count). The summed E-state index contributed by atoms with van der Waals surface area (Å²) in [6.07, 6.45) is 18.6. The Hall–Kier alpha value is -1.94. The van der Waals surface area contributed by atoms with Crippen LogP contribution in [-0.4, -0.2) is 42.5 Å². The van der Waals surface area contributed by atoms with E-state index in [9.17, 15) is 4.79 Å². The molecule has 0 bridgehead atoms. The molecular weight excluding hydrogens is 478 g/mol. The number of allylic oxidation sites excluding steroid dienone is 8. The number of hydrogen-bond acceptors (Lipinski definition) is 3. The number of unbranched alkanes of at least 4 members (excludes halogenated alkanes) is 1. The molecular formula is C33H50ClNO2. The summed E-state index contributed by atoms with van der Waals surface area (Å²) in [6.45, 7) is 14.2. The van der Waals surface area contributed by atoms with Crippen molar-refractivity contribution in [3.05, 3.63) is 82.0 Å². The molecule has 1 saturated heterocycles. The summed E-state index contributed by atoms with van der Waals surface area (Å²) >= 11 is 6.23. The molecule has 0 aromatic heterocycles. The van der Waals surface area contributed by atoms with Crippen molar-refractivity contribution in [1.29, 1.82) is 0 Å². The molecule has 1 heterocycles. The average molecular weight is 528 g/mol. The SMILES string of the molecule is CCCCN1CCC(Cc2ccccc2Cl)CC1.CO.C\C=C(C(=O)C1CC1)/C(C)=C/C=C\C=C(C)C. The molecule has 1 N–H and O–H groups in total. The maximum Gasteiger partial charge on any atom is 0.165 e. The lowest BCUT2D eigenvalue weighted by atomic mass is 9.90. The summed E-state index contributed by atoms with van der Waals surface area (Å²) in [5, 5.41) is 7.94. The van der Waals surface area contributed by atoms with Gasteiger partial charge < -0.3 is 10.0 Å². The van der Waals surface area contributed by atoms with E-state index in [4.69, 9.17) is 16.7 Å². The third kappa shape index (κ3) is 13.4. The molecule has 0 radical (unpaired) electrons. The first kappa shape index (κ1) is 33.1. The second-order valence-corrected chi connectivity index (χ2v) is 10.7. The summed E-state index contributed by atoms with van der Waals surface area (Å²) in [4.78, 5) is 14.6. The number of benzene rings is 1. The number of carbonyl (C=O) groups excluding carboxylic acids is 1. The largest absolute Gasteiger partial charge is 0.400 e. The van der Waals surface area contributed by atoms with Gasteiger partial charge in [0.2, 0.25) is 0 Å². The number of nitrogens with zero attached hydrogens (tertiary/aromatic N) is 1. The zero-order chi connectivity index (χ0) is 27.6. The molecule has 0 atom stereocenters. The van der Waals surface area contributed by atoms with Crippen LogP contribution in [0.5, 0.6) is 0 Å². The van der Waals surface area contributed by atoms with Crippen molar-refractivity contribution in [2.45, 2.75) is 79.6 Å². The van der Waals surface area contributed by atoms with Gasteiger partial charge in [0.25, 0.3) is 0 Å². The maximum absolute atomic E-state index is 12.0. The van der Waals surface area contributed by atoms with E-state index in [2.05, 4.69) is 43.9 Å². The van der Waals surface area contributed by atoms with Crippen LogP contribution in [0.15, 0.2) is 71.4 Å². The Kier molecular flexibility index (Phi) is 17.1. The Bertz CT molecular complexity index is 912. The smallest absolute Gasteiger partial charge is 0.165 e.